The minimum Gasteiger partial charge on any atom is -0.462 e. The molecule has 1 amide bonds. The molecule has 0 aromatic heterocycles. The van der Waals surface area contributed by atoms with Crippen LogP contribution in [0.3, 0.4) is 0 Å². The van der Waals surface area contributed by atoms with Gasteiger partial charge in [-0.15, -0.1) is 0 Å². The van der Waals surface area contributed by atoms with Gasteiger partial charge in [-0.05, 0) is 71.9 Å². The number of rotatable bonds is 61. The fourth-order valence-electron chi connectivity index (χ4n) is 14.3. The second-order valence-corrected chi connectivity index (χ2v) is 31.1. The number of aliphatic hydroxyl groups is 1. The number of benzene rings is 6. The molecule has 1 aliphatic heterocycles. The number of aliphatic hydroxyl groups excluding tert-OH is 1. The molecule has 0 unspecified atom stereocenters. The van der Waals surface area contributed by atoms with Crippen LogP contribution in [0.4, 0.5) is 0 Å². The van der Waals surface area contributed by atoms with Gasteiger partial charge < -0.3 is 38.8 Å². The largest absolute Gasteiger partial charge is 0.475 e. The van der Waals surface area contributed by atoms with Gasteiger partial charge in [0.1, 0.15) is 30.0 Å². The van der Waals surface area contributed by atoms with Crippen LogP contribution in [0.15, 0.2) is 182 Å². The van der Waals surface area contributed by atoms with Crippen LogP contribution in [-0.2, 0) is 86.4 Å². The molecule has 6 aromatic carbocycles. The first-order chi connectivity index (χ1) is 53.1. The minimum absolute atomic E-state index is 0.0511. The number of hydrogen-bond donors (Lipinski definition) is 2. The molecule has 0 radical (unpaired) electrons. The van der Waals surface area contributed by atoms with E-state index in [4.69, 9.17) is 42.0 Å². The second kappa shape index (κ2) is 54.3. The molecular formula is C92H132NO14P. The predicted octanol–water partition coefficient (Wildman–Crippen LogP) is 22.7. The summed E-state index contributed by atoms with van der Waals surface area (Å²) in [5.74, 6) is -1.58. The van der Waals surface area contributed by atoms with Crippen molar-refractivity contribution in [3.63, 3.8) is 0 Å². The molecule has 7 rings (SSSR count). The third-order valence-electron chi connectivity index (χ3n) is 20.5. The molecule has 594 valence electrons. The molecule has 0 aliphatic carbocycles. The quantitative estimate of drug-likeness (QED) is 0.0159. The van der Waals surface area contributed by atoms with E-state index in [0.717, 1.165) is 92.9 Å². The summed E-state index contributed by atoms with van der Waals surface area (Å²) in [6, 6.07) is 56.7. The summed E-state index contributed by atoms with van der Waals surface area (Å²) in [5, 5.41) is 13.4. The van der Waals surface area contributed by atoms with E-state index in [1.165, 1.54) is 103 Å². The van der Waals surface area contributed by atoms with Crippen molar-refractivity contribution in [1.82, 2.24) is 5.32 Å². The highest BCUT2D eigenvalue weighted by Gasteiger charge is 2.54. The van der Waals surface area contributed by atoms with Crippen LogP contribution in [-0.4, -0.2) is 85.6 Å². The second-order valence-electron chi connectivity index (χ2n) is 29.5. The highest BCUT2D eigenvalue weighted by Crippen LogP contribution is 2.54. The van der Waals surface area contributed by atoms with Crippen molar-refractivity contribution in [1.29, 1.82) is 0 Å². The van der Waals surface area contributed by atoms with Gasteiger partial charge in [0, 0.05) is 19.6 Å². The normalized spacial score (nSPS) is 16.6. The number of esters is 2. The standard InChI is InChI=1S/C92H132NO14P/c1-4-7-10-13-16-19-20-23-26-29-50-67-86(96)104-83(66-49-28-25-22-18-15-12-9-6-3)71-87(97)106-90-88(93-85(95)70-82(100-72-76-53-36-30-37-54-76)65-48-27-24-21-17-14-11-8-5-2)91(99-69-52-51-68-94)105-84(89(90)107-108(98,102-73-77-55-38-31-39-56-77)103-74-78-57-40-32-41-58-78)75-101-92(79-59-42-33-43-60-79,80-61-44-34-45-62-80)81-63-46-35-47-64-81/h30-47,53-64,82-84,88-91,94H,4-29,48-52,65-75H2,1-3H3,(H,93,95)/t82-,83-,84-,88-,89-,90-,91-/m1/s1. The van der Waals surface area contributed by atoms with E-state index in [-0.39, 0.29) is 64.9 Å². The molecule has 7 atom stereocenters. The number of phosphoric acid groups is 1. The summed E-state index contributed by atoms with van der Waals surface area (Å²) in [6.07, 6.45) is 26.6. The Hall–Kier alpha value is -6.36. The van der Waals surface area contributed by atoms with Crippen molar-refractivity contribution in [3.8, 4) is 0 Å². The van der Waals surface area contributed by atoms with Gasteiger partial charge in [-0.1, -0.05) is 376 Å². The molecule has 0 spiro atoms. The average Bonchev–Trinajstić information content (AvgIpc) is 0.754. The molecule has 1 saturated heterocycles. The highest BCUT2D eigenvalue weighted by molar-refractivity contribution is 7.48. The van der Waals surface area contributed by atoms with Crippen molar-refractivity contribution >= 4 is 25.7 Å². The van der Waals surface area contributed by atoms with E-state index < -0.39 is 68.2 Å². The number of nitrogens with one attached hydrogen (secondary N) is 1. The molecule has 1 fully saturated rings. The van der Waals surface area contributed by atoms with Gasteiger partial charge in [0.15, 0.2) is 12.4 Å². The average molecular weight is 1510 g/mol. The highest BCUT2D eigenvalue weighted by atomic mass is 31.2. The number of carbonyl (C=O) groups excluding carboxylic acids is 3. The van der Waals surface area contributed by atoms with Crippen LogP contribution in [0.25, 0.3) is 0 Å². The van der Waals surface area contributed by atoms with Crippen LogP contribution < -0.4 is 5.32 Å². The summed E-state index contributed by atoms with van der Waals surface area (Å²) < 4.78 is 78.2. The Morgan fingerprint density at radius 1 is 0.454 bits per heavy atom. The molecule has 6 aromatic rings. The first-order valence-electron chi connectivity index (χ1n) is 41.7. The zero-order valence-electron chi connectivity index (χ0n) is 65.8. The van der Waals surface area contributed by atoms with E-state index in [0.29, 0.717) is 49.7 Å². The number of carbonyl (C=O) groups is 3. The molecule has 1 aliphatic rings. The lowest BCUT2D eigenvalue weighted by atomic mass is 9.80. The van der Waals surface area contributed by atoms with Gasteiger partial charge in [-0.25, -0.2) is 4.57 Å². The van der Waals surface area contributed by atoms with Crippen molar-refractivity contribution in [2.24, 2.45) is 0 Å². The third kappa shape index (κ3) is 34.1. The fraction of sp³-hybridized carbons (Fsp3) is 0.576. The van der Waals surface area contributed by atoms with Crippen LogP contribution in [0.1, 0.15) is 285 Å². The summed E-state index contributed by atoms with van der Waals surface area (Å²) in [6.45, 7) is 6.17. The summed E-state index contributed by atoms with van der Waals surface area (Å²) in [7, 11) is -4.88. The van der Waals surface area contributed by atoms with Crippen LogP contribution in [0, 0.1) is 0 Å². The lowest BCUT2D eigenvalue weighted by Crippen LogP contribution is -2.66. The SMILES string of the molecule is CCCCCCCCCCCCCC(=O)O[C@H](CCCCCCCCCCC)CC(=O)O[C@@H]1[C@@H](NC(=O)C[C@@H](CCCCCCCCCCC)OCc2ccccc2)[C@H](OCCCCO)O[C@H](COC(c2ccccc2)(c2ccccc2)c2ccccc2)[C@H]1OP(=O)(OCc1ccccc1)OCc1ccccc1. The Labute approximate surface area is 649 Å². The van der Waals surface area contributed by atoms with E-state index >= 15 is 14.2 Å². The van der Waals surface area contributed by atoms with E-state index in [9.17, 15) is 9.90 Å². The Morgan fingerprint density at radius 2 is 0.852 bits per heavy atom. The minimum atomic E-state index is -4.88. The zero-order valence-corrected chi connectivity index (χ0v) is 66.7. The topological polar surface area (TPSA) is 184 Å². The fourth-order valence-corrected chi connectivity index (χ4v) is 15.7. The smallest absolute Gasteiger partial charge is 0.462 e. The van der Waals surface area contributed by atoms with Gasteiger partial charge in [0.2, 0.25) is 5.91 Å². The van der Waals surface area contributed by atoms with Gasteiger partial charge in [-0.2, -0.15) is 0 Å². The Morgan fingerprint density at radius 3 is 1.29 bits per heavy atom. The van der Waals surface area contributed by atoms with E-state index in [2.05, 4.69) is 26.1 Å². The summed E-state index contributed by atoms with van der Waals surface area (Å²) in [4.78, 5) is 45.4. The van der Waals surface area contributed by atoms with Gasteiger partial charge in [-0.3, -0.25) is 28.0 Å². The van der Waals surface area contributed by atoms with E-state index in [1.807, 2.05) is 182 Å². The van der Waals surface area contributed by atoms with Crippen molar-refractivity contribution in [2.75, 3.05) is 19.8 Å². The molecule has 0 bridgehead atoms. The van der Waals surface area contributed by atoms with Crippen LogP contribution in [0.5, 0.6) is 0 Å². The number of ether oxygens (including phenoxy) is 6. The van der Waals surface area contributed by atoms with Gasteiger partial charge in [0.05, 0.1) is 45.4 Å². The molecule has 0 saturated carbocycles. The maximum atomic E-state index is 16.3. The lowest BCUT2D eigenvalue weighted by molar-refractivity contribution is -0.277. The van der Waals surface area contributed by atoms with Gasteiger partial charge in [0.25, 0.3) is 0 Å². The number of phosphoric ester groups is 1. The van der Waals surface area contributed by atoms with Crippen LogP contribution in [0.2, 0.25) is 0 Å². The predicted molar refractivity (Wildman–Crippen MR) is 432 cm³/mol. The number of unbranched alkanes of at least 4 members (excludes halogenated alkanes) is 27. The Balaban J connectivity index is 1.31. The summed E-state index contributed by atoms with van der Waals surface area (Å²) in [5.41, 5.74) is 3.33. The lowest BCUT2D eigenvalue weighted by Gasteiger charge is -2.47. The number of amides is 1. The first kappa shape index (κ1) is 88.9. The molecular weight excluding hydrogens is 1370 g/mol. The molecule has 2 N–H and O–H groups in total. The van der Waals surface area contributed by atoms with Crippen molar-refractivity contribution < 1.29 is 66.0 Å². The summed E-state index contributed by atoms with van der Waals surface area (Å²) >= 11 is 0. The molecule has 15 nitrogen and oxygen atoms in total. The van der Waals surface area contributed by atoms with Crippen molar-refractivity contribution in [3.05, 3.63) is 215 Å². The van der Waals surface area contributed by atoms with Crippen LogP contribution >= 0.6 is 7.82 Å². The molecule has 1 heterocycles. The monoisotopic (exact) mass is 1510 g/mol. The maximum absolute atomic E-state index is 16.3. The zero-order chi connectivity index (χ0) is 76.2. The first-order valence-corrected chi connectivity index (χ1v) is 43.2. The maximum Gasteiger partial charge on any atom is 0.475 e. The van der Waals surface area contributed by atoms with Crippen molar-refractivity contribution in [2.45, 2.75) is 320 Å². The molecule has 108 heavy (non-hydrogen) atoms. The van der Waals surface area contributed by atoms with E-state index in [1.54, 1.807) is 0 Å². The Bertz CT molecular complexity index is 3150. The number of hydrogen-bond acceptors (Lipinski definition) is 14. The van der Waals surface area contributed by atoms with Gasteiger partial charge >= 0.3 is 19.8 Å². The Kier molecular flexibility index (Phi) is 44.7. The third-order valence-corrected chi connectivity index (χ3v) is 21.9. The molecule has 16 heteroatoms.